The molecule has 0 bridgehead atoms. The second-order valence-corrected chi connectivity index (χ2v) is 8.25. The summed E-state index contributed by atoms with van der Waals surface area (Å²) >= 11 is 1.38. The zero-order valence-electron chi connectivity index (χ0n) is 18.6. The highest BCUT2D eigenvalue weighted by Crippen LogP contribution is 2.24. The van der Waals surface area contributed by atoms with Gasteiger partial charge in [0.2, 0.25) is 5.91 Å². The van der Waals surface area contributed by atoms with Crippen LogP contribution in [0.5, 0.6) is 0 Å². The number of ether oxygens (including phenoxy) is 1. The minimum absolute atomic E-state index is 0.0652. The van der Waals surface area contributed by atoms with Crippen LogP contribution in [0.3, 0.4) is 0 Å². The number of piperazine rings is 1. The molecular weight excluding hydrogens is 444 g/mol. The van der Waals surface area contributed by atoms with Gasteiger partial charge in [-0.2, -0.15) is 0 Å². The molecular formula is C22H26N6O4S. The molecule has 1 fully saturated rings. The molecule has 11 heteroatoms. The van der Waals surface area contributed by atoms with E-state index in [2.05, 4.69) is 20.1 Å². The topological polar surface area (TPSA) is 107 Å². The average Bonchev–Trinajstić information content (AvgIpc) is 3.52. The van der Waals surface area contributed by atoms with Crippen molar-refractivity contribution >= 4 is 29.5 Å². The minimum atomic E-state index is -0.375. The summed E-state index contributed by atoms with van der Waals surface area (Å²) in [4.78, 5) is 32.9. The first-order valence-electron chi connectivity index (χ1n) is 10.9. The molecule has 0 aliphatic carbocycles. The Hall–Kier alpha value is -3.34. The standard InChI is InChI=1S/C22H26N6O4S/c1-3-28-20(17-6-5-13-32-17)24-25-22(28)33-15-19(29)27-11-9-26(10-12-27)18-8-7-16(14-23-18)21(30)31-4-2/h5-8,13-14H,3-4,9-12,15H2,1-2H3. The molecule has 0 atom stereocenters. The van der Waals surface area contributed by atoms with Crippen molar-refractivity contribution in [3.05, 3.63) is 42.3 Å². The van der Waals surface area contributed by atoms with E-state index in [1.54, 1.807) is 19.3 Å². The lowest BCUT2D eigenvalue weighted by molar-refractivity contribution is -0.128. The Labute approximate surface area is 195 Å². The van der Waals surface area contributed by atoms with Crippen molar-refractivity contribution in [2.75, 3.05) is 43.4 Å². The fourth-order valence-electron chi connectivity index (χ4n) is 3.58. The molecule has 0 aromatic carbocycles. The van der Waals surface area contributed by atoms with Gasteiger partial charge in [0, 0.05) is 38.9 Å². The monoisotopic (exact) mass is 470 g/mol. The first-order valence-corrected chi connectivity index (χ1v) is 11.8. The third-order valence-electron chi connectivity index (χ3n) is 5.31. The smallest absolute Gasteiger partial charge is 0.339 e. The maximum absolute atomic E-state index is 12.8. The number of pyridine rings is 1. The Balaban J connectivity index is 1.29. The largest absolute Gasteiger partial charge is 0.462 e. The van der Waals surface area contributed by atoms with Crippen molar-refractivity contribution in [3.63, 3.8) is 0 Å². The molecule has 33 heavy (non-hydrogen) atoms. The maximum atomic E-state index is 12.8. The Kier molecular flexibility index (Phi) is 7.28. The fraction of sp³-hybridized carbons (Fsp3) is 0.409. The summed E-state index contributed by atoms with van der Waals surface area (Å²) in [5.41, 5.74) is 0.432. The van der Waals surface area contributed by atoms with Crippen LogP contribution in [0.2, 0.25) is 0 Å². The molecule has 1 aliphatic rings. The molecule has 0 radical (unpaired) electrons. The van der Waals surface area contributed by atoms with Gasteiger partial charge in [0.05, 0.1) is 24.2 Å². The van der Waals surface area contributed by atoms with Gasteiger partial charge in [0.15, 0.2) is 16.7 Å². The van der Waals surface area contributed by atoms with E-state index in [1.165, 1.54) is 18.0 Å². The third kappa shape index (κ3) is 5.19. The van der Waals surface area contributed by atoms with Crippen molar-refractivity contribution in [2.24, 2.45) is 0 Å². The fourth-order valence-corrected chi connectivity index (χ4v) is 4.48. The number of carbonyl (C=O) groups is 2. The molecule has 0 unspecified atom stereocenters. The first-order chi connectivity index (χ1) is 16.1. The molecule has 3 aromatic heterocycles. The van der Waals surface area contributed by atoms with Crippen molar-refractivity contribution < 1.29 is 18.7 Å². The molecule has 4 heterocycles. The Morgan fingerprint density at radius 3 is 2.58 bits per heavy atom. The van der Waals surface area contributed by atoms with E-state index in [-0.39, 0.29) is 11.9 Å². The zero-order valence-corrected chi connectivity index (χ0v) is 19.5. The van der Waals surface area contributed by atoms with Gasteiger partial charge < -0.3 is 19.0 Å². The van der Waals surface area contributed by atoms with Crippen LogP contribution in [0.25, 0.3) is 11.6 Å². The van der Waals surface area contributed by atoms with E-state index < -0.39 is 0 Å². The molecule has 174 valence electrons. The number of carbonyl (C=O) groups excluding carboxylic acids is 2. The zero-order chi connectivity index (χ0) is 23.2. The number of nitrogens with zero attached hydrogens (tertiary/aromatic N) is 6. The van der Waals surface area contributed by atoms with Crippen LogP contribution in [-0.2, 0) is 16.1 Å². The van der Waals surface area contributed by atoms with E-state index >= 15 is 0 Å². The SMILES string of the molecule is CCOC(=O)c1ccc(N2CCN(C(=O)CSc3nnc(-c4ccco4)n3CC)CC2)nc1. The number of esters is 1. The summed E-state index contributed by atoms with van der Waals surface area (Å²) in [6, 6.07) is 7.18. The van der Waals surface area contributed by atoms with E-state index in [0.717, 1.165) is 5.82 Å². The predicted octanol–water partition coefficient (Wildman–Crippen LogP) is 2.57. The number of thioether (sulfide) groups is 1. The van der Waals surface area contributed by atoms with Crippen molar-refractivity contribution in [1.29, 1.82) is 0 Å². The summed E-state index contributed by atoms with van der Waals surface area (Å²) < 4.78 is 12.4. The minimum Gasteiger partial charge on any atom is -0.462 e. The number of amides is 1. The number of anilines is 1. The summed E-state index contributed by atoms with van der Waals surface area (Å²) in [6.07, 6.45) is 3.13. The Morgan fingerprint density at radius 1 is 1.12 bits per heavy atom. The summed E-state index contributed by atoms with van der Waals surface area (Å²) in [6.45, 7) is 7.36. The second kappa shape index (κ2) is 10.5. The number of hydrogen-bond acceptors (Lipinski definition) is 9. The molecule has 0 saturated carbocycles. The summed E-state index contributed by atoms with van der Waals surface area (Å²) in [7, 11) is 0. The van der Waals surface area contributed by atoms with Gasteiger partial charge in [-0.05, 0) is 38.1 Å². The average molecular weight is 471 g/mol. The van der Waals surface area contributed by atoms with Gasteiger partial charge >= 0.3 is 5.97 Å². The van der Waals surface area contributed by atoms with Gasteiger partial charge in [0.25, 0.3) is 0 Å². The van der Waals surface area contributed by atoms with Crippen LogP contribution in [0.4, 0.5) is 5.82 Å². The van der Waals surface area contributed by atoms with E-state index in [4.69, 9.17) is 9.15 Å². The van der Waals surface area contributed by atoms with Gasteiger partial charge in [-0.15, -0.1) is 10.2 Å². The van der Waals surface area contributed by atoms with Crippen LogP contribution in [0, 0.1) is 0 Å². The summed E-state index contributed by atoms with van der Waals surface area (Å²) in [5, 5.41) is 9.16. The molecule has 0 spiro atoms. The highest BCUT2D eigenvalue weighted by Gasteiger charge is 2.23. The van der Waals surface area contributed by atoms with Crippen LogP contribution in [0.1, 0.15) is 24.2 Å². The van der Waals surface area contributed by atoms with Crippen LogP contribution < -0.4 is 4.90 Å². The lowest BCUT2D eigenvalue weighted by atomic mass is 10.2. The highest BCUT2D eigenvalue weighted by molar-refractivity contribution is 7.99. The number of hydrogen-bond donors (Lipinski definition) is 0. The number of furan rings is 1. The van der Waals surface area contributed by atoms with E-state index in [9.17, 15) is 9.59 Å². The molecule has 3 aromatic rings. The van der Waals surface area contributed by atoms with Crippen LogP contribution >= 0.6 is 11.8 Å². The number of aromatic nitrogens is 4. The van der Waals surface area contributed by atoms with Crippen LogP contribution in [0.15, 0.2) is 46.3 Å². The van der Waals surface area contributed by atoms with Crippen molar-refractivity contribution in [2.45, 2.75) is 25.5 Å². The molecule has 1 saturated heterocycles. The lowest BCUT2D eigenvalue weighted by Gasteiger charge is -2.35. The molecule has 1 aliphatic heterocycles. The van der Waals surface area contributed by atoms with Crippen molar-refractivity contribution in [3.8, 4) is 11.6 Å². The van der Waals surface area contributed by atoms with Gasteiger partial charge in [0.1, 0.15) is 5.82 Å². The highest BCUT2D eigenvalue weighted by atomic mass is 32.2. The number of rotatable bonds is 8. The normalized spacial score (nSPS) is 13.9. The van der Waals surface area contributed by atoms with Crippen LogP contribution in [-0.4, -0.2) is 75.1 Å². The quantitative estimate of drug-likeness (QED) is 0.363. The first kappa shape index (κ1) is 22.8. The lowest BCUT2D eigenvalue weighted by Crippen LogP contribution is -2.49. The Morgan fingerprint density at radius 2 is 1.94 bits per heavy atom. The molecule has 10 nitrogen and oxygen atoms in total. The van der Waals surface area contributed by atoms with Gasteiger partial charge in [-0.25, -0.2) is 9.78 Å². The van der Waals surface area contributed by atoms with E-state index in [1.807, 2.05) is 34.6 Å². The molecule has 4 rings (SSSR count). The molecule has 0 N–H and O–H groups in total. The van der Waals surface area contributed by atoms with Gasteiger partial charge in [-0.1, -0.05) is 11.8 Å². The van der Waals surface area contributed by atoms with Crippen molar-refractivity contribution in [1.82, 2.24) is 24.6 Å². The Bertz CT molecular complexity index is 1080. The predicted molar refractivity (Wildman–Crippen MR) is 123 cm³/mol. The maximum Gasteiger partial charge on any atom is 0.339 e. The second-order valence-electron chi connectivity index (χ2n) is 7.31. The summed E-state index contributed by atoms with van der Waals surface area (Å²) in [5.74, 6) is 2.08. The third-order valence-corrected chi connectivity index (χ3v) is 6.27. The van der Waals surface area contributed by atoms with Gasteiger partial charge in [-0.3, -0.25) is 9.36 Å². The van der Waals surface area contributed by atoms with E-state index in [0.29, 0.717) is 67.4 Å². The molecule has 1 amide bonds.